The van der Waals surface area contributed by atoms with Crippen molar-refractivity contribution in [2.24, 2.45) is 0 Å². The van der Waals surface area contributed by atoms with E-state index in [1.165, 1.54) is 12.1 Å². The van der Waals surface area contributed by atoms with Crippen molar-refractivity contribution in [3.05, 3.63) is 101 Å². The summed E-state index contributed by atoms with van der Waals surface area (Å²) in [4.78, 5) is 26.7. The van der Waals surface area contributed by atoms with Gasteiger partial charge in [0.15, 0.2) is 12.4 Å². The Morgan fingerprint density at radius 1 is 0.935 bits per heavy atom. The van der Waals surface area contributed by atoms with E-state index in [2.05, 4.69) is 0 Å². The van der Waals surface area contributed by atoms with Crippen LogP contribution in [0.25, 0.3) is 0 Å². The zero-order chi connectivity index (χ0) is 21.6. The van der Waals surface area contributed by atoms with Gasteiger partial charge in [-0.2, -0.15) is 0 Å². The molecular weight excluding hydrogens is 397 g/mol. The first-order chi connectivity index (χ1) is 15.1. The molecule has 5 nitrogen and oxygen atoms in total. The minimum Gasteiger partial charge on any atom is -0.484 e. The number of hydrogen-bond acceptors (Lipinski definition) is 4. The van der Waals surface area contributed by atoms with E-state index in [4.69, 9.17) is 9.47 Å². The van der Waals surface area contributed by atoms with Crippen molar-refractivity contribution in [3.8, 4) is 5.75 Å². The lowest BCUT2D eigenvalue weighted by atomic mass is 10.0. The van der Waals surface area contributed by atoms with Gasteiger partial charge in [-0.05, 0) is 42.0 Å². The highest BCUT2D eigenvalue weighted by Gasteiger charge is 2.25. The topological polar surface area (TPSA) is 55.8 Å². The number of carbonyl (C=O) groups excluding carboxylic acids is 2. The van der Waals surface area contributed by atoms with Crippen LogP contribution < -0.4 is 4.74 Å². The van der Waals surface area contributed by atoms with Crippen LogP contribution in [0.15, 0.2) is 78.9 Å². The van der Waals surface area contributed by atoms with Gasteiger partial charge < -0.3 is 14.4 Å². The van der Waals surface area contributed by atoms with Crippen molar-refractivity contribution >= 4 is 11.7 Å². The maximum absolute atomic E-state index is 13.1. The molecule has 1 unspecified atom stereocenters. The van der Waals surface area contributed by atoms with Crippen molar-refractivity contribution in [1.82, 2.24) is 4.90 Å². The third-order valence-corrected chi connectivity index (χ3v) is 5.18. The molecule has 0 N–H and O–H groups in total. The first-order valence-corrected chi connectivity index (χ1v) is 10.1. The number of benzene rings is 3. The smallest absolute Gasteiger partial charge is 0.260 e. The molecule has 1 saturated heterocycles. The average Bonchev–Trinajstić information content (AvgIpc) is 2.83. The minimum atomic E-state index is -0.308. The summed E-state index contributed by atoms with van der Waals surface area (Å²) >= 11 is 0. The van der Waals surface area contributed by atoms with E-state index >= 15 is 0 Å². The lowest BCUT2D eigenvalue weighted by Gasteiger charge is -2.33. The number of hydrogen-bond donors (Lipinski definition) is 0. The van der Waals surface area contributed by atoms with E-state index in [1.54, 1.807) is 53.4 Å². The Morgan fingerprint density at radius 3 is 2.32 bits per heavy atom. The molecule has 0 aliphatic carbocycles. The fourth-order valence-corrected chi connectivity index (χ4v) is 3.45. The van der Waals surface area contributed by atoms with E-state index in [9.17, 15) is 14.0 Å². The number of ether oxygens (including phenoxy) is 2. The van der Waals surface area contributed by atoms with Crippen LogP contribution in [0.4, 0.5) is 4.39 Å². The maximum Gasteiger partial charge on any atom is 0.260 e. The van der Waals surface area contributed by atoms with Crippen molar-refractivity contribution < 1.29 is 23.5 Å². The molecule has 158 valence electrons. The number of nitrogens with zero attached hydrogens (tertiary/aromatic N) is 1. The van der Waals surface area contributed by atoms with Gasteiger partial charge in [0.1, 0.15) is 17.7 Å². The average molecular weight is 419 g/mol. The van der Waals surface area contributed by atoms with Crippen LogP contribution in [0.1, 0.15) is 27.6 Å². The van der Waals surface area contributed by atoms with Crippen LogP contribution in [0.3, 0.4) is 0 Å². The fourth-order valence-electron chi connectivity index (χ4n) is 3.45. The number of halogens is 1. The number of carbonyl (C=O) groups is 2. The van der Waals surface area contributed by atoms with Crippen LogP contribution >= 0.6 is 0 Å². The van der Waals surface area contributed by atoms with Crippen LogP contribution in [-0.4, -0.2) is 42.9 Å². The van der Waals surface area contributed by atoms with Crippen molar-refractivity contribution in [2.75, 3.05) is 26.3 Å². The largest absolute Gasteiger partial charge is 0.484 e. The Morgan fingerprint density at radius 2 is 1.61 bits per heavy atom. The van der Waals surface area contributed by atoms with E-state index in [0.717, 1.165) is 5.56 Å². The highest BCUT2D eigenvalue weighted by molar-refractivity contribution is 6.08. The zero-order valence-corrected chi connectivity index (χ0v) is 16.9. The van der Waals surface area contributed by atoms with Crippen LogP contribution in [0.2, 0.25) is 0 Å². The van der Waals surface area contributed by atoms with Gasteiger partial charge in [-0.15, -0.1) is 0 Å². The van der Waals surface area contributed by atoms with Crippen molar-refractivity contribution in [2.45, 2.75) is 6.10 Å². The Balaban J connectivity index is 1.32. The van der Waals surface area contributed by atoms with Gasteiger partial charge in [0.25, 0.3) is 5.91 Å². The number of morpholine rings is 1. The van der Waals surface area contributed by atoms with Crippen LogP contribution in [0.5, 0.6) is 5.75 Å². The highest BCUT2D eigenvalue weighted by atomic mass is 19.1. The van der Waals surface area contributed by atoms with Gasteiger partial charge in [-0.1, -0.05) is 42.5 Å². The molecule has 31 heavy (non-hydrogen) atoms. The number of amides is 1. The van der Waals surface area contributed by atoms with Gasteiger partial charge in [0.2, 0.25) is 0 Å². The Hall–Kier alpha value is -3.51. The summed E-state index contributed by atoms with van der Waals surface area (Å²) in [5, 5.41) is 0. The summed E-state index contributed by atoms with van der Waals surface area (Å²) < 4.78 is 24.5. The summed E-state index contributed by atoms with van der Waals surface area (Å²) in [6.45, 7) is 1.16. The highest BCUT2D eigenvalue weighted by Crippen LogP contribution is 2.23. The molecule has 6 heteroatoms. The van der Waals surface area contributed by atoms with Crippen molar-refractivity contribution in [3.63, 3.8) is 0 Å². The van der Waals surface area contributed by atoms with Gasteiger partial charge in [-0.25, -0.2) is 4.39 Å². The molecule has 1 heterocycles. The van der Waals surface area contributed by atoms with Gasteiger partial charge in [0, 0.05) is 17.7 Å². The molecule has 1 fully saturated rings. The molecule has 0 bridgehead atoms. The second kappa shape index (κ2) is 9.53. The second-order valence-electron chi connectivity index (χ2n) is 7.26. The molecule has 3 aromatic rings. The lowest BCUT2D eigenvalue weighted by molar-refractivity contribution is -0.141. The van der Waals surface area contributed by atoms with E-state index in [0.29, 0.717) is 36.6 Å². The van der Waals surface area contributed by atoms with E-state index in [-0.39, 0.29) is 30.2 Å². The predicted octanol–water partition coefficient (Wildman–Crippen LogP) is 4.04. The summed E-state index contributed by atoms with van der Waals surface area (Å²) in [7, 11) is 0. The second-order valence-corrected chi connectivity index (χ2v) is 7.26. The molecule has 3 aromatic carbocycles. The summed E-state index contributed by atoms with van der Waals surface area (Å²) in [6, 6.07) is 21.9. The summed E-state index contributed by atoms with van der Waals surface area (Å²) in [6.07, 6.45) is -0.290. The molecule has 4 rings (SSSR count). The summed E-state index contributed by atoms with van der Waals surface area (Å²) in [5.74, 6) is -0.0121. The third-order valence-electron chi connectivity index (χ3n) is 5.18. The molecule has 1 aliphatic rings. The summed E-state index contributed by atoms with van der Waals surface area (Å²) in [5.41, 5.74) is 2.01. The van der Waals surface area contributed by atoms with Crippen LogP contribution in [-0.2, 0) is 9.53 Å². The molecule has 0 aromatic heterocycles. The SMILES string of the molecule is O=C(c1ccccc1)c1ccc(OCC(=O)N2CCOC(c3ccc(F)cc3)C2)cc1. The van der Waals surface area contributed by atoms with E-state index in [1.807, 2.05) is 18.2 Å². The Labute approximate surface area is 180 Å². The first kappa shape index (κ1) is 20.8. The molecule has 1 atom stereocenters. The molecule has 1 amide bonds. The third kappa shape index (κ3) is 5.16. The monoisotopic (exact) mass is 419 g/mol. The number of rotatable bonds is 6. The lowest BCUT2D eigenvalue weighted by Crippen LogP contribution is -2.44. The Bertz CT molecular complexity index is 1040. The predicted molar refractivity (Wildman–Crippen MR) is 113 cm³/mol. The standard InChI is InChI=1S/C25H22FNO4/c26-21-10-6-18(7-11-21)23-16-27(14-15-30-23)24(28)17-31-22-12-8-20(9-13-22)25(29)19-4-2-1-3-5-19/h1-13,23H,14-17H2. The Kier molecular flexibility index (Phi) is 6.38. The van der Waals surface area contributed by atoms with Gasteiger partial charge in [-0.3, -0.25) is 9.59 Å². The minimum absolute atomic E-state index is 0.0663. The number of ketones is 1. The fraction of sp³-hybridized carbons (Fsp3) is 0.200. The van der Waals surface area contributed by atoms with E-state index < -0.39 is 0 Å². The molecule has 0 saturated carbocycles. The normalized spacial score (nSPS) is 16.0. The van der Waals surface area contributed by atoms with Gasteiger partial charge >= 0.3 is 0 Å². The molecular formula is C25H22FNO4. The quantitative estimate of drug-likeness (QED) is 0.566. The van der Waals surface area contributed by atoms with Crippen LogP contribution in [0, 0.1) is 5.82 Å². The molecule has 0 spiro atoms. The molecule has 0 radical (unpaired) electrons. The van der Waals surface area contributed by atoms with Crippen molar-refractivity contribution in [1.29, 1.82) is 0 Å². The molecule has 1 aliphatic heterocycles. The van der Waals surface area contributed by atoms with Gasteiger partial charge in [0.05, 0.1) is 13.2 Å². The maximum atomic E-state index is 13.1. The first-order valence-electron chi connectivity index (χ1n) is 10.1. The zero-order valence-electron chi connectivity index (χ0n) is 16.9.